The highest BCUT2D eigenvalue weighted by Gasteiger charge is 2.04. The monoisotopic (exact) mass is 193 g/mol. The molecule has 0 bridgehead atoms. The van der Waals surface area contributed by atoms with E-state index in [1.165, 1.54) is 13.2 Å². The van der Waals surface area contributed by atoms with E-state index in [4.69, 9.17) is 9.26 Å². The molecule has 0 saturated carbocycles. The van der Waals surface area contributed by atoms with Gasteiger partial charge in [-0.05, 0) is 12.1 Å². The van der Waals surface area contributed by atoms with Crippen molar-refractivity contribution < 1.29 is 14.2 Å². The van der Waals surface area contributed by atoms with Crippen LogP contribution >= 0.6 is 0 Å². The molecule has 0 fully saturated rings. The number of fused-ring (bicyclic) bond motifs is 1. The predicted molar refractivity (Wildman–Crippen MR) is 48.0 cm³/mol. The predicted octanol–water partition coefficient (Wildman–Crippen LogP) is 0.435. The Labute approximate surface area is 78.7 Å². The summed E-state index contributed by atoms with van der Waals surface area (Å²) in [5.41, 5.74) is -0.157. The Morgan fingerprint density at radius 3 is 3.00 bits per heavy atom. The first-order valence-corrected chi connectivity index (χ1v) is 3.92. The largest absolute Gasteiger partial charge is 0.497 e. The van der Waals surface area contributed by atoms with E-state index in [2.05, 4.69) is 0 Å². The lowest BCUT2D eigenvalue weighted by molar-refractivity contribution is -0.793. The van der Waals surface area contributed by atoms with Crippen molar-refractivity contribution in [2.75, 3.05) is 7.11 Å². The molecule has 2 rings (SSSR count). The van der Waals surface area contributed by atoms with Gasteiger partial charge in [-0.25, -0.2) is 0 Å². The molecule has 2 aromatic rings. The Kier molecular flexibility index (Phi) is 1.85. The van der Waals surface area contributed by atoms with Crippen molar-refractivity contribution in [3.63, 3.8) is 0 Å². The Morgan fingerprint density at radius 1 is 1.50 bits per heavy atom. The van der Waals surface area contributed by atoms with Crippen molar-refractivity contribution in [1.82, 2.24) is 0 Å². The fourth-order valence-corrected chi connectivity index (χ4v) is 1.20. The number of hydrogen-bond acceptors (Lipinski definition) is 4. The van der Waals surface area contributed by atoms with Crippen molar-refractivity contribution in [2.24, 2.45) is 0 Å². The third-order valence-electron chi connectivity index (χ3n) is 1.87. The third kappa shape index (κ3) is 1.28. The first-order valence-electron chi connectivity index (χ1n) is 3.92. The van der Waals surface area contributed by atoms with Gasteiger partial charge in [-0.2, -0.15) is 0 Å². The van der Waals surface area contributed by atoms with Crippen molar-refractivity contribution in [2.45, 2.75) is 0 Å². The number of benzene rings is 1. The van der Waals surface area contributed by atoms with Crippen LogP contribution in [0, 0.1) is 5.21 Å². The van der Waals surface area contributed by atoms with Crippen LogP contribution in [-0.4, -0.2) is 7.11 Å². The molecule has 14 heavy (non-hydrogen) atoms. The molecule has 0 spiro atoms. The summed E-state index contributed by atoms with van der Waals surface area (Å²) >= 11 is 0. The minimum absolute atomic E-state index is 0.129. The average molecular weight is 193 g/mol. The van der Waals surface area contributed by atoms with Gasteiger partial charge in [0.05, 0.1) is 12.7 Å². The molecule has 1 heterocycles. The average Bonchev–Trinajstić information content (AvgIpc) is 2.16. The molecule has 1 aromatic carbocycles. The highest BCUT2D eigenvalue weighted by molar-refractivity contribution is 5.76. The molecule has 0 aliphatic heterocycles. The summed E-state index contributed by atoms with van der Waals surface area (Å²) in [6.07, 6.45) is 0.842. The van der Waals surface area contributed by atoms with Crippen molar-refractivity contribution in [3.05, 3.63) is 39.8 Å². The maximum Gasteiger partial charge on any atom is 0.281 e. The van der Waals surface area contributed by atoms with Gasteiger partial charge in [-0.15, -0.1) is 0 Å². The fourth-order valence-electron chi connectivity index (χ4n) is 1.20. The Balaban J connectivity index is 2.82. The number of methoxy groups -OCH3 is 1. The van der Waals surface area contributed by atoms with E-state index in [0.29, 0.717) is 11.1 Å². The van der Waals surface area contributed by atoms with E-state index in [9.17, 15) is 10.0 Å². The van der Waals surface area contributed by atoms with Crippen molar-refractivity contribution >= 4 is 11.0 Å². The summed E-state index contributed by atoms with van der Waals surface area (Å²) in [4.78, 5) is 11.4. The minimum Gasteiger partial charge on any atom is -0.497 e. The molecule has 5 nitrogen and oxygen atoms in total. The molecule has 0 atom stereocenters. The highest BCUT2D eigenvalue weighted by atomic mass is 16.7. The molecule has 5 heteroatoms. The molecule has 0 amide bonds. The van der Waals surface area contributed by atoms with E-state index in [-0.39, 0.29) is 15.9 Å². The van der Waals surface area contributed by atoms with Gasteiger partial charge in [0.2, 0.25) is 0 Å². The molecular weight excluding hydrogens is 186 g/mol. The summed E-state index contributed by atoms with van der Waals surface area (Å²) in [5, 5.41) is 11.2. The number of ether oxygens (including phenoxy) is 1. The topological polar surface area (TPSA) is 66.4 Å². The van der Waals surface area contributed by atoms with Crippen LogP contribution in [0.2, 0.25) is 0 Å². The zero-order valence-corrected chi connectivity index (χ0v) is 7.39. The highest BCUT2D eigenvalue weighted by Crippen LogP contribution is 2.16. The molecule has 0 saturated heterocycles. The Morgan fingerprint density at radius 2 is 2.29 bits per heavy atom. The van der Waals surface area contributed by atoms with Gasteiger partial charge >= 0.3 is 0 Å². The zero-order valence-electron chi connectivity index (χ0n) is 7.39. The molecule has 0 aliphatic rings. The third-order valence-corrected chi connectivity index (χ3v) is 1.87. The first kappa shape index (κ1) is 8.55. The second-order valence-electron chi connectivity index (χ2n) is 2.73. The number of hydrogen-bond donors (Lipinski definition) is 0. The molecular formula is C9H7NO4. The normalized spacial score (nSPS) is 10.4. The Bertz CT molecular complexity index is 532. The van der Waals surface area contributed by atoms with E-state index in [0.717, 1.165) is 6.20 Å². The van der Waals surface area contributed by atoms with E-state index >= 15 is 0 Å². The van der Waals surface area contributed by atoms with Gasteiger partial charge < -0.3 is 9.26 Å². The Hall–Kier alpha value is -2.04. The molecule has 0 unspecified atom stereocenters. The van der Waals surface area contributed by atoms with E-state index < -0.39 is 0 Å². The summed E-state index contributed by atoms with van der Waals surface area (Å²) in [5.74, 6) is 0.534. The second kappa shape index (κ2) is 3.02. The number of rotatable bonds is 1. The lowest BCUT2D eigenvalue weighted by atomic mass is 10.2. The van der Waals surface area contributed by atoms with E-state index in [1.54, 1.807) is 12.1 Å². The smallest absolute Gasteiger partial charge is 0.281 e. The van der Waals surface area contributed by atoms with Crippen molar-refractivity contribution in [3.8, 4) is 5.75 Å². The van der Waals surface area contributed by atoms with Crippen LogP contribution < -0.4 is 15.1 Å². The zero-order chi connectivity index (χ0) is 10.1. The first-order chi connectivity index (χ1) is 6.70. The van der Waals surface area contributed by atoms with Crippen LogP contribution in [-0.2, 0) is 0 Å². The maximum absolute atomic E-state index is 11.3. The van der Waals surface area contributed by atoms with Gasteiger partial charge in [0.15, 0.2) is 0 Å². The van der Waals surface area contributed by atoms with E-state index in [1.807, 2.05) is 0 Å². The molecule has 0 radical (unpaired) electrons. The SMILES string of the molecule is COc1ccc2c(=O)c[n+]([O-])oc2c1. The summed E-state index contributed by atoms with van der Waals surface area (Å²) < 4.78 is 9.69. The van der Waals surface area contributed by atoms with Gasteiger partial charge in [0.1, 0.15) is 5.75 Å². The summed E-state index contributed by atoms with van der Waals surface area (Å²) in [6.45, 7) is 0. The second-order valence-corrected chi connectivity index (χ2v) is 2.73. The minimum atomic E-state index is -0.371. The van der Waals surface area contributed by atoms with Gasteiger partial charge in [0.25, 0.3) is 11.6 Å². The van der Waals surface area contributed by atoms with Crippen LogP contribution in [0.25, 0.3) is 11.0 Å². The maximum atomic E-state index is 11.3. The molecule has 1 aromatic heterocycles. The van der Waals surface area contributed by atoms with Gasteiger partial charge in [-0.1, -0.05) is 0 Å². The number of nitrogens with zero attached hydrogens (tertiary/aromatic N) is 1. The lowest BCUT2D eigenvalue weighted by Crippen LogP contribution is -2.29. The molecule has 0 N–H and O–H groups in total. The summed E-state index contributed by atoms with van der Waals surface area (Å²) in [7, 11) is 1.49. The molecule has 72 valence electrons. The van der Waals surface area contributed by atoms with Crippen LogP contribution in [0.15, 0.2) is 33.7 Å². The fraction of sp³-hybridized carbons (Fsp3) is 0.111. The standard InChI is InChI=1S/C9H7NO4/c1-13-6-2-3-7-8(11)5-10(12)14-9(7)4-6/h2-5H,1H3. The van der Waals surface area contributed by atoms with Crippen LogP contribution in [0.1, 0.15) is 0 Å². The van der Waals surface area contributed by atoms with Gasteiger partial charge in [-0.3, -0.25) is 10.0 Å². The lowest BCUT2D eigenvalue weighted by Gasteiger charge is -2.01. The van der Waals surface area contributed by atoms with Crippen LogP contribution in [0.3, 0.4) is 0 Å². The van der Waals surface area contributed by atoms with Crippen molar-refractivity contribution in [1.29, 1.82) is 0 Å². The quantitative estimate of drug-likeness (QED) is 0.616. The molecule has 0 aliphatic carbocycles. The van der Waals surface area contributed by atoms with Crippen LogP contribution in [0.5, 0.6) is 5.75 Å². The summed E-state index contributed by atoms with van der Waals surface area (Å²) in [6, 6.07) is 4.68. The number of aromatic nitrogens is 1. The van der Waals surface area contributed by atoms with Gasteiger partial charge in [0, 0.05) is 16.4 Å². The van der Waals surface area contributed by atoms with Crippen LogP contribution in [0.4, 0.5) is 0 Å².